The average molecular weight is 274 g/mol. The molecule has 0 amide bonds. The van der Waals surface area contributed by atoms with Gasteiger partial charge in [-0.05, 0) is 75.5 Å². The molecule has 4 saturated carbocycles. The highest BCUT2D eigenvalue weighted by molar-refractivity contribution is 5.20. The van der Waals surface area contributed by atoms with E-state index < -0.39 is 0 Å². The van der Waals surface area contributed by atoms with Crippen molar-refractivity contribution in [2.75, 3.05) is 6.54 Å². The van der Waals surface area contributed by atoms with Gasteiger partial charge in [-0.1, -0.05) is 5.16 Å². The van der Waals surface area contributed by atoms with Crippen molar-refractivity contribution in [1.82, 2.24) is 10.5 Å². The molecule has 0 unspecified atom stereocenters. The number of nitrogens with zero attached hydrogens (tertiary/aromatic N) is 1. The lowest BCUT2D eigenvalue weighted by Crippen LogP contribution is -2.50. The van der Waals surface area contributed by atoms with Gasteiger partial charge in [-0.15, -0.1) is 0 Å². The summed E-state index contributed by atoms with van der Waals surface area (Å²) in [6, 6.07) is 0. The average Bonchev–Trinajstić information content (AvgIpc) is 2.68. The molecule has 4 fully saturated rings. The summed E-state index contributed by atoms with van der Waals surface area (Å²) in [7, 11) is 0. The first kappa shape index (κ1) is 12.9. The summed E-state index contributed by atoms with van der Waals surface area (Å²) in [6.45, 7) is 6.17. The molecule has 110 valence electrons. The first-order valence-corrected chi connectivity index (χ1v) is 8.26. The zero-order valence-electron chi connectivity index (χ0n) is 12.7. The van der Waals surface area contributed by atoms with Crippen LogP contribution in [0.15, 0.2) is 4.52 Å². The molecule has 1 heterocycles. The van der Waals surface area contributed by atoms with Crippen LogP contribution < -0.4 is 5.32 Å². The van der Waals surface area contributed by atoms with Crippen LogP contribution in [0.25, 0.3) is 0 Å². The number of nitrogens with one attached hydrogen (secondary N) is 1. The minimum Gasteiger partial charge on any atom is -0.361 e. The molecule has 0 saturated heterocycles. The standard InChI is InChI=1S/C17H26N2O/c1-11-16(12(2)20-19-11)9-18-10-17-6-13-3-14(7-17)5-15(4-13)8-17/h13-15,18H,3-10H2,1-2H3. The SMILES string of the molecule is Cc1noc(C)c1CNCC12CC3CC(CC(C3)C1)C2. The van der Waals surface area contributed by atoms with Gasteiger partial charge in [0.1, 0.15) is 5.76 Å². The zero-order valence-corrected chi connectivity index (χ0v) is 12.7. The van der Waals surface area contributed by atoms with E-state index in [2.05, 4.69) is 10.5 Å². The van der Waals surface area contributed by atoms with Gasteiger partial charge in [-0.2, -0.15) is 0 Å². The molecule has 0 aliphatic heterocycles. The van der Waals surface area contributed by atoms with E-state index in [0.717, 1.165) is 35.8 Å². The molecule has 3 nitrogen and oxygen atoms in total. The van der Waals surface area contributed by atoms with Gasteiger partial charge in [0, 0.05) is 18.7 Å². The van der Waals surface area contributed by atoms with E-state index in [9.17, 15) is 0 Å². The largest absolute Gasteiger partial charge is 0.361 e. The Bertz CT molecular complexity index is 450. The smallest absolute Gasteiger partial charge is 0.138 e. The maximum absolute atomic E-state index is 5.25. The van der Waals surface area contributed by atoms with Crippen LogP contribution >= 0.6 is 0 Å². The Morgan fingerprint density at radius 2 is 1.70 bits per heavy atom. The van der Waals surface area contributed by atoms with E-state index in [0.29, 0.717) is 5.41 Å². The fraction of sp³-hybridized carbons (Fsp3) is 0.824. The molecular formula is C17H26N2O. The summed E-state index contributed by atoms with van der Waals surface area (Å²) in [5, 5.41) is 7.77. The van der Waals surface area contributed by atoms with E-state index in [1.54, 1.807) is 0 Å². The van der Waals surface area contributed by atoms with Crippen LogP contribution in [-0.4, -0.2) is 11.7 Å². The van der Waals surface area contributed by atoms with Crippen LogP contribution in [0.3, 0.4) is 0 Å². The van der Waals surface area contributed by atoms with Gasteiger partial charge < -0.3 is 9.84 Å². The molecule has 1 aromatic heterocycles. The molecule has 1 aromatic rings. The fourth-order valence-electron chi connectivity index (χ4n) is 5.71. The van der Waals surface area contributed by atoms with Gasteiger partial charge in [0.2, 0.25) is 0 Å². The first-order valence-electron chi connectivity index (χ1n) is 8.26. The number of aryl methyl sites for hydroxylation is 2. The Morgan fingerprint density at radius 1 is 1.10 bits per heavy atom. The van der Waals surface area contributed by atoms with Crippen molar-refractivity contribution in [1.29, 1.82) is 0 Å². The predicted octanol–water partition coefficient (Wildman–Crippen LogP) is 3.60. The van der Waals surface area contributed by atoms with E-state index in [4.69, 9.17) is 4.52 Å². The van der Waals surface area contributed by atoms with Gasteiger partial charge >= 0.3 is 0 Å². The summed E-state index contributed by atoms with van der Waals surface area (Å²) < 4.78 is 5.25. The molecule has 1 N–H and O–H groups in total. The summed E-state index contributed by atoms with van der Waals surface area (Å²) in [4.78, 5) is 0. The topological polar surface area (TPSA) is 38.1 Å². The van der Waals surface area contributed by atoms with Gasteiger partial charge in [-0.3, -0.25) is 0 Å². The van der Waals surface area contributed by atoms with Gasteiger partial charge in [0.15, 0.2) is 0 Å². The molecule has 5 rings (SSSR count). The summed E-state index contributed by atoms with van der Waals surface area (Å²) in [5.74, 6) is 4.10. The zero-order chi connectivity index (χ0) is 13.7. The third kappa shape index (κ3) is 2.11. The van der Waals surface area contributed by atoms with Gasteiger partial charge in [0.25, 0.3) is 0 Å². The minimum absolute atomic E-state index is 0.619. The Kier molecular flexibility index (Phi) is 2.95. The van der Waals surface area contributed by atoms with Crippen LogP contribution in [0.4, 0.5) is 0 Å². The number of hydrogen-bond donors (Lipinski definition) is 1. The first-order chi connectivity index (χ1) is 9.63. The maximum Gasteiger partial charge on any atom is 0.138 e. The van der Waals surface area contributed by atoms with Crippen LogP contribution in [0.5, 0.6) is 0 Å². The predicted molar refractivity (Wildman–Crippen MR) is 78.3 cm³/mol. The van der Waals surface area contributed by atoms with Crippen LogP contribution in [0.1, 0.15) is 55.5 Å². The molecule has 0 spiro atoms. The van der Waals surface area contributed by atoms with E-state index >= 15 is 0 Å². The molecule has 4 aliphatic carbocycles. The van der Waals surface area contributed by atoms with E-state index in [1.165, 1.54) is 50.6 Å². The van der Waals surface area contributed by atoms with Crippen molar-refractivity contribution in [2.45, 2.75) is 58.9 Å². The lowest BCUT2D eigenvalue weighted by atomic mass is 9.49. The maximum atomic E-state index is 5.25. The second kappa shape index (κ2) is 4.59. The molecule has 20 heavy (non-hydrogen) atoms. The molecule has 4 bridgehead atoms. The Morgan fingerprint density at radius 3 is 2.20 bits per heavy atom. The Labute approximate surface area is 121 Å². The van der Waals surface area contributed by atoms with Crippen molar-refractivity contribution in [3.8, 4) is 0 Å². The summed E-state index contributed by atoms with van der Waals surface area (Å²) >= 11 is 0. The molecular weight excluding hydrogens is 248 g/mol. The Hall–Kier alpha value is -0.830. The number of hydrogen-bond acceptors (Lipinski definition) is 3. The normalized spacial score (nSPS) is 38.6. The highest BCUT2D eigenvalue weighted by atomic mass is 16.5. The molecule has 0 radical (unpaired) electrons. The second-order valence-corrected chi connectivity index (χ2v) is 7.82. The van der Waals surface area contributed by atoms with Crippen molar-refractivity contribution in [3.05, 3.63) is 17.0 Å². The lowest BCUT2D eigenvalue weighted by molar-refractivity contribution is -0.0514. The molecule has 3 heteroatoms. The number of rotatable bonds is 4. The lowest BCUT2D eigenvalue weighted by Gasteiger charge is -2.57. The monoisotopic (exact) mass is 274 g/mol. The fourth-order valence-corrected chi connectivity index (χ4v) is 5.71. The molecule has 4 aliphatic rings. The second-order valence-electron chi connectivity index (χ2n) is 7.82. The van der Waals surface area contributed by atoms with Crippen molar-refractivity contribution < 1.29 is 4.52 Å². The number of aromatic nitrogens is 1. The van der Waals surface area contributed by atoms with Crippen LogP contribution in [0, 0.1) is 37.0 Å². The van der Waals surface area contributed by atoms with E-state index in [1.807, 2.05) is 13.8 Å². The van der Waals surface area contributed by atoms with Crippen molar-refractivity contribution >= 4 is 0 Å². The highest BCUT2D eigenvalue weighted by Crippen LogP contribution is 2.59. The molecule has 0 aromatic carbocycles. The summed E-state index contributed by atoms with van der Waals surface area (Å²) in [5.41, 5.74) is 2.92. The quantitative estimate of drug-likeness (QED) is 0.911. The molecule has 0 atom stereocenters. The third-order valence-corrected chi connectivity index (χ3v) is 6.15. The third-order valence-electron chi connectivity index (χ3n) is 6.15. The minimum atomic E-state index is 0.619. The highest BCUT2D eigenvalue weighted by Gasteiger charge is 2.50. The van der Waals surface area contributed by atoms with Gasteiger partial charge in [0.05, 0.1) is 5.69 Å². The van der Waals surface area contributed by atoms with Crippen LogP contribution in [0.2, 0.25) is 0 Å². The Balaban J connectivity index is 1.40. The van der Waals surface area contributed by atoms with Crippen molar-refractivity contribution in [3.63, 3.8) is 0 Å². The van der Waals surface area contributed by atoms with Crippen molar-refractivity contribution in [2.24, 2.45) is 23.2 Å². The van der Waals surface area contributed by atoms with Gasteiger partial charge in [-0.25, -0.2) is 0 Å². The van der Waals surface area contributed by atoms with E-state index in [-0.39, 0.29) is 0 Å². The van der Waals surface area contributed by atoms with Crippen LogP contribution in [-0.2, 0) is 6.54 Å². The summed E-state index contributed by atoms with van der Waals surface area (Å²) in [6.07, 6.45) is 9.03.